The van der Waals surface area contributed by atoms with Gasteiger partial charge in [-0.05, 0) is 62.2 Å². The SMILES string of the molecule is CCCCNC(=O)[C@@H](C)N(Cc1ccccc1)C(=O)CN(c1ccc(OC)cc1)S(=O)(=O)c1ccc(C)cc1. The molecule has 39 heavy (non-hydrogen) atoms. The molecule has 9 heteroatoms. The highest BCUT2D eigenvalue weighted by Crippen LogP contribution is 2.26. The first kappa shape index (κ1) is 29.7. The van der Waals surface area contributed by atoms with Crippen molar-refractivity contribution in [2.24, 2.45) is 0 Å². The van der Waals surface area contributed by atoms with Gasteiger partial charge in [0.2, 0.25) is 11.8 Å². The van der Waals surface area contributed by atoms with Crippen LogP contribution in [-0.2, 0) is 26.2 Å². The largest absolute Gasteiger partial charge is 0.497 e. The summed E-state index contributed by atoms with van der Waals surface area (Å²) in [5, 5.41) is 2.88. The molecule has 0 saturated carbocycles. The van der Waals surface area contributed by atoms with Crippen LogP contribution >= 0.6 is 0 Å². The van der Waals surface area contributed by atoms with Crippen LogP contribution in [0.3, 0.4) is 0 Å². The number of methoxy groups -OCH3 is 1. The second-order valence-corrected chi connectivity index (χ2v) is 11.2. The predicted octanol–water partition coefficient (Wildman–Crippen LogP) is 4.53. The minimum absolute atomic E-state index is 0.0664. The van der Waals surface area contributed by atoms with E-state index in [0.717, 1.165) is 28.3 Å². The topological polar surface area (TPSA) is 96.0 Å². The van der Waals surface area contributed by atoms with Crippen molar-refractivity contribution in [1.82, 2.24) is 10.2 Å². The number of carbonyl (C=O) groups excluding carboxylic acids is 2. The van der Waals surface area contributed by atoms with Gasteiger partial charge in [-0.1, -0.05) is 61.4 Å². The van der Waals surface area contributed by atoms with E-state index in [0.29, 0.717) is 18.0 Å². The standard InChI is InChI=1S/C30H37N3O5S/c1-5-6-20-31-30(35)24(3)32(21-25-10-8-7-9-11-25)29(34)22-33(26-14-16-27(38-4)17-15-26)39(36,37)28-18-12-23(2)13-19-28/h7-19,24H,5-6,20-22H2,1-4H3,(H,31,35)/t24-/m1/s1. The Morgan fingerprint density at radius 2 is 1.59 bits per heavy atom. The van der Waals surface area contributed by atoms with Crippen molar-refractivity contribution in [3.05, 3.63) is 90.0 Å². The maximum atomic E-state index is 13.9. The van der Waals surface area contributed by atoms with Gasteiger partial charge in [0.15, 0.2) is 0 Å². The highest BCUT2D eigenvalue weighted by Gasteiger charge is 2.32. The summed E-state index contributed by atoms with van der Waals surface area (Å²) in [7, 11) is -2.59. The summed E-state index contributed by atoms with van der Waals surface area (Å²) >= 11 is 0. The molecule has 0 aliphatic carbocycles. The molecule has 0 fully saturated rings. The maximum absolute atomic E-state index is 13.9. The third kappa shape index (κ3) is 7.83. The number of nitrogens with one attached hydrogen (secondary N) is 1. The van der Waals surface area contributed by atoms with Crippen LogP contribution in [0.25, 0.3) is 0 Å². The van der Waals surface area contributed by atoms with Crippen LogP contribution in [0.5, 0.6) is 5.75 Å². The molecule has 3 aromatic carbocycles. The molecule has 0 spiro atoms. The lowest BCUT2D eigenvalue weighted by molar-refractivity contribution is -0.139. The molecule has 3 rings (SSSR count). The lowest BCUT2D eigenvalue weighted by Gasteiger charge is -2.32. The third-order valence-corrected chi connectivity index (χ3v) is 8.23. The Morgan fingerprint density at radius 1 is 0.949 bits per heavy atom. The van der Waals surface area contributed by atoms with E-state index < -0.39 is 28.5 Å². The summed E-state index contributed by atoms with van der Waals surface area (Å²) < 4.78 is 34.0. The van der Waals surface area contributed by atoms with E-state index in [1.165, 1.54) is 24.1 Å². The summed E-state index contributed by atoms with van der Waals surface area (Å²) in [5.41, 5.74) is 2.05. The van der Waals surface area contributed by atoms with Crippen LogP contribution in [0.2, 0.25) is 0 Å². The van der Waals surface area contributed by atoms with Crippen LogP contribution in [0, 0.1) is 6.92 Å². The third-order valence-electron chi connectivity index (χ3n) is 6.44. The quantitative estimate of drug-likeness (QED) is 0.315. The van der Waals surface area contributed by atoms with E-state index in [-0.39, 0.29) is 17.3 Å². The molecule has 208 valence electrons. The number of unbranched alkanes of at least 4 members (excludes halogenated alkanes) is 1. The van der Waals surface area contributed by atoms with Crippen molar-refractivity contribution in [2.75, 3.05) is 24.5 Å². The number of amides is 2. The number of aryl methyl sites for hydroxylation is 1. The Kier molecular flexibility index (Phi) is 10.5. The first-order valence-corrected chi connectivity index (χ1v) is 14.5. The van der Waals surface area contributed by atoms with Crippen molar-refractivity contribution in [3.63, 3.8) is 0 Å². The van der Waals surface area contributed by atoms with Gasteiger partial charge in [0.25, 0.3) is 10.0 Å². The minimum atomic E-state index is -4.11. The van der Waals surface area contributed by atoms with Crippen molar-refractivity contribution < 1.29 is 22.7 Å². The Morgan fingerprint density at radius 3 is 2.18 bits per heavy atom. The fraction of sp³-hybridized carbons (Fsp3) is 0.333. The fourth-order valence-corrected chi connectivity index (χ4v) is 5.43. The number of nitrogens with zero attached hydrogens (tertiary/aromatic N) is 2. The molecule has 0 heterocycles. The number of benzene rings is 3. The number of hydrogen-bond acceptors (Lipinski definition) is 5. The zero-order valence-corrected chi connectivity index (χ0v) is 23.8. The summed E-state index contributed by atoms with van der Waals surface area (Å²) in [6, 6.07) is 21.5. The molecule has 0 aromatic heterocycles. The van der Waals surface area contributed by atoms with Crippen LogP contribution in [-0.4, -0.2) is 51.4 Å². The first-order chi connectivity index (χ1) is 18.7. The number of carbonyl (C=O) groups is 2. The Balaban J connectivity index is 1.98. The highest BCUT2D eigenvalue weighted by atomic mass is 32.2. The Labute approximate surface area is 231 Å². The monoisotopic (exact) mass is 551 g/mol. The lowest BCUT2D eigenvalue weighted by atomic mass is 10.1. The summed E-state index contributed by atoms with van der Waals surface area (Å²) in [5.74, 6) is -0.227. The number of ether oxygens (including phenoxy) is 1. The van der Waals surface area contributed by atoms with E-state index in [2.05, 4.69) is 5.32 Å². The molecule has 3 aromatic rings. The van der Waals surface area contributed by atoms with Crippen LogP contribution < -0.4 is 14.4 Å². The second kappa shape index (κ2) is 13.8. The van der Waals surface area contributed by atoms with Gasteiger partial charge in [0.1, 0.15) is 18.3 Å². The van der Waals surface area contributed by atoms with Gasteiger partial charge < -0.3 is 15.0 Å². The fourth-order valence-electron chi connectivity index (χ4n) is 4.01. The smallest absolute Gasteiger partial charge is 0.264 e. The number of rotatable bonds is 13. The molecule has 0 radical (unpaired) electrons. The number of sulfonamides is 1. The number of hydrogen-bond donors (Lipinski definition) is 1. The van der Waals surface area contributed by atoms with Gasteiger partial charge in [-0.2, -0.15) is 0 Å². The van der Waals surface area contributed by atoms with Gasteiger partial charge in [0.05, 0.1) is 17.7 Å². The van der Waals surface area contributed by atoms with Gasteiger partial charge in [0, 0.05) is 13.1 Å². The molecule has 0 unspecified atom stereocenters. The highest BCUT2D eigenvalue weighted by molar-refractivity contribution is 7.92. The summed E-state index contributed by atoms with van der Waals surface area (Å²) in [6.07, 6.45) is 1.75. The molecule has 0 aliphatic rings. The predicted molar refractivity (Wildman–Crippen MR) is 153 cm³/mol. The molecule has 1 atom stereocenters. The van der Waals surface area contributed by atoms with Crippen LogP contribution in [0.1, 0.15) is 37.8 Å². The van der Waals surface area contributed by atoms with E-state index in [9.17, 15) is 18.0 Å². The average Bonchev–Trinajstić information content (AvgIpc) is 2.95. The molecule has 2 amide bonds. The number of anilines is 1. The molecule has 0 aliphatic heterocycles. The van der Waals surface area contributed by atoms with Crippen molar-refractivity contribution in [3.8, 4) is 5.75 Å². The summed E-state index contributed by atoms with van der Waals surface area (Å²) in [6.45, 7) is 5.74. The van der Waals surface area contributed by atoms with Crippen molar-refractivity contribution >= 4 is 27.5 Å². The zero-order valence-electron chi connectivity index (χ0n) is 23.0. The minimum Gasteiger partial charge on any atom is -0.497 e. The molecule has 0 bridgehead atoms. The average molecular weight is 552 g/mol. The van der Waals surface area contributed by atoms with Gasteiger partial charge in [-0.15, -0.1) is 0 Å². The van der Waals surface area contributed by atoms with E-state index in [1.807, 2.05) is 44.2 Å². The molecular weight excluding hydrogens is 514 g/mol. The van der Waals surface area contributed by atoms with Crippen LogP contribution in [0.4, 0.5) is 5.69 Å². The second-order valence-electron chi connectivity index (χ2n) is 9.35. The molecule has 8 nitrogen and oxygen atoms in total. The van der Waals surface area contributed by atoms with E-state index in [4.69, 9.17) is 4.74 Å². The summed E-state index contributed by atoms with van der Waals surface area (Å²) in [4.78, 5) is 28.4. The van der Waals surface area contributed by atoms with E-state index >= 15 is 0 Å². The van der Waals surface area contributed by atoms with E-state index in [1.54, 1.807) is 43.3 Å². The molecule has 0 saturated heterocycles. The van der Waals surface area contributed by atoms with Gasteiger partial charge >= 0.3 is 0 Å². The first-order valence-electron chi connectivity index (χ1n) is 13.0. The Hall–Kier alpha value is -3.85. The Bertz CT molecular complexity index is 1330. The zero-order chi connectivity index (χ0) is 28.4. The normalized spacial score (nSPS) is 11.9. The van der Waals surface area contributed by atoms with Crippen molar-refractivity contribution in [2.45, 2.75) is 51.1 Å². The lowest BCUT2D eigenvalue weighted by Crippen LogP contribution is -2.51. The van der Waals surface area contributed by atoms with Gasteiger partial charge in [-0.25, -0.2) is 8.42 Å². The molecular formula is C30H37N3O5S. The maximum Gasteiger partial charge on any atom is 0.264 e. The van der Waals surface area contributed by atoms with Crippen LogP contribution in [0.15, 0.2) is 83.8 Å². The van der Waals surface area contributed by atoms with Crippen molar-refractivity contribution in [1.29, 1.82) is 0 Å². The molecule has 1 N–H and O–H groups in total. The van der Waals surface area contributed by atoms with Gasteiger partial charge in [-0.3, -0.25) is 13.9 Å².